The number of benzene rings is 1. The molecule has 0 atom stereocenters. The zero-order valence-electron chi connectivity index (χ0n) is 12.2. The molecule has 118 valence electrons. The Bertz CT molecular complexity index is 751. The molecular weight excluding hydrogens is 318 g/mol. The molecule has 1 N–H and O–H groups in total. The van der Waals surface area contributed by atoms with Crippen LogP contribution in [-0.4, -0.2) is 29.9 Å². The number of hydrogen-bond donors (Lipinski definition) is 1. The molecule has 0 radical (unpaired) electrons. The lowest BCUT2D eigenvalue weighted by Crippen LogP contribution is -2.40. The topological polar surface area (TPSA) is 71.5 Å². The minimum atomic E-state index is -0.239. The second-order valence-corrected chi connectivity index (χ2v) is 5.40. The number of aromatic nitrogens is 1. The molecule has 1 aromatic carbocycles. The number of carbonyl (C=O) groups excluding carboxylic acids is 2. The van der Waals surface area contributed by atoms with E-state index < -0.39 is 0 Å². The molecule has 6 nitrogen and oxygen atoms in total. The van der Waals surface area contributed by atoms with Crippen molar-refractivity contribution in [1.29, 1.82) is 0 Å². The van der Waals surface area contributed by atoms with Crippen LogP contribution in [0.25, 0.3) is 0 Å². The number of nitrogens with zero attached hydrogens (tertiary/aromatic N) is 2. The Morgan fingerprint density at radius 3 is 3.00 bits per heavy atom. The van der Waals surface area contributed by atoms with Crippen molar-refractivity contribution in [3.05, 3.63) is 47.6 Å². The maximum absolute atomic E-state index is 12.0. The van der Waals surface area contributed by atoms with E-state index in [2.05, 4.69) is 10.3 Å². The number of nitrogens with one attached hydrogen (secondary N) is 1. The highest BCUT2D eigenvalue weighted by atomic mass is 35.5. The van der Waals surface area contributed by atoms with E-state index in [0.717, 1.165) is 0 Å². The third kappa shape index (κ3) is 3.60. The lowest BCUT2D eigenvalue weighted by atomic mass is 10.2. The zero-order valence-corrected chi connectivity index (χ0v) is 12.9. The fourth-order valence-electron chi connectivity index (χ4n) is 2.29. The van der Waals surface area contributed by atoms with Crippen LogP contribution in [0.4, 0.5) is 11.5 Å². The summed E-state index contributed by atoms with van der Waals surface area (Å²) in [5.41, 5.74) is 0.678. The lowest BCUT2D eigenvalue weighted by molar-refractivity contribution is -0.121. The van der Waals surface area contributed by atoms with Crippen molar-refractivity contribution in [2.75, 3.05) is 23.4 Å². The van der Waals surface area contributed by atoms with E-state index >= 15 is 0 Å². The number of halogens is 1. The number of anilines is 2. The van der Waals surface area contributed by atoms with Crippen molar-refractivity contribution in [2.24, 2.45) is 0 Å². The predicted molar refractivity (Wildman–Crippen MR) is 86.8 cm³/mol. The number of pyridine rings is 1. The zero-order chi connectivity index (χ0) is 16.2. The quantitative estimate of drug-likeness (QED) is 0.934. The van der Waals surface area contributed by atoms with Gasteiger partial charge in [-0.25, -0.2) is 4.98 Å². The molecule has 1 aromatic heterocycles. The summed E-state index contributed by atoms with van der Waals surface area (Å²) >= 11 is 5.84. The summed E-state index contributed by atoms with van der Waals surface area (Å²) in [4.78, 5) is 29.6. The van der Waals surface area contributed by atoms with Crippen LogP contribution in [0.2, 0.25) is 5.02 Å². The second kappa shape index (κ2) is 6.66. The first-order chi connectivity index (χ1) is 11.1. The second-order valence-electron chi connectivity index (χ2n) is 4.96. The summed E-state index contributed by atoms with van der Waals surface area (Å²) < 4.78 is 5.37. The monoisotopic (exact) mass is 331 g/mol. The van der Waals surface area contributed by atoms with Gasteiger partial charge in [0.1, 0.15) is 11.6 Å². The van der Waals surface area contributed by atoms with Crippen molar-refractivity contribution < 1.29 is 14.3 Å². The van der Waals surface area contributed by atoms with Gasteiger partial charge in [0.2, 0.25) is 5.91 Å². The van der Waals surface area contributed by atoms with Crippen molar-refractivity contribution in [2.45, 2.75) is 6.42 Å². The van der Waals surface area contributed by atoms with Gasteiger partial charge < -0.3 is 15.0 Å². The molecule has 3 rings (SSSR count). The number of para-hydroxylation sites is 2. The van der Waals surface area contributed by atoms with E-state index in [1.54, 1.807) is 29.2 Å². The van der Waals surface area contributed by atoms with Crippen LogP contribution in [0, 0.1) is 0 Å². The first-order valence-corrected chi connectivity index (χ1v) is 7.45. The summed E-state index contributed by atoms with van der Waals surface area (Å²) in [5, 5.41) is 3.15. The molecule has 1 aliphatic heterocycles. The molecule has 2 heterocycles. The Hall–Kier alpha value is -2.60. The van der Waals surface area contributed by atoms with Gasteiger partial charge in [0.15, 0.2) is 6.61 Å². The first kappa shape index (κ1) is 15.3. The summed E-state index contributed by atoms with van der Waals surface area (Å²) in [6.07, 6.45) is 1.66. The van der Waals surface area contributed by atoms with Gasteiger partial charge in [-0.15, -0.1) is 0 Å². The van der Waals surface area contributed by atoms with Gasteiger partial charge in [-0.05, 0) is 24.3 Å². The summed E-state index contributed by atoms with van der Waals surface area (Å²) in [6, 6.07) is 10.4. The molecule has 0 saturated heterocycles. The van der Waals surface area contributed by atoms with E-state index in [1.807, 2.05) is 12.1 Å². The number of amides is 2. The van der Waals surface area contributed by atoms with E-state index in [-0.39, 0.29) is 31.4 Å². The number of fused-ring (bicyclic) bond motifs is 1. The molecule has 0 spiro atoms. The lowest BCUT2D eigenvalue weighted by Gasteiger charge is -2.29. The minimum Gasteiger partial charge on any atom is -0.482 e. The SMILES string of the molecule is O=C(CCN1C(=O)COc2ccccc21)Nc1cc(Cl)ccn1. The highest BCUT2D eigenvalue weighted by molar-refractivity contribution is 6.30. The minimum absolute atomic E-state index is 0.0194. The fraction of sp³-hybridized carbons (Fsp3) is 0.188. The van der Waals surface area contributed by atoms with Gasteiger partial charge in [-0.1, -0.05) is 23.7 Å². The fourth-order valence-corrected chi connectivity index (χ4v) is 2.45. The Labute approximate surface area is 138 Å². The first-order valence-electron chi connectivity index (χ1n) is 7.07. The highest BCUT2D eigenvalue weighted by Gasteiger charge is 2.25. The van der Waals surface area contributed by atoms with Gasteiger partial charge >= 0.3 is 0 Å². The molecule has 23 heavy (non-hydrogen) atoms. The Morgan fingerprint density at radius 1 is 1.35 bits per heavy atom. The predicted octanol–water partition coefficient (Wildman–Crippen LogP) is 2.49. The molecule has 2 aromatic rings. The van der Waals surface area contributed by atoms with Crippen molar-refractivity contribution in [3.8, 4) is 5.75 Å². The Balaban J connectivity index is 1.64. The van der Waals surface area contributed by atoms with Crippen LogP contribution in [0.1, 0.15) is 6.42 Å². The van der Waals surface area contributed by atoms with E-state index in [9.17, 15) is 9.59 Å². The Kier molecular flexibility index (Phi) is 4.43. The number of carbonyl (C=O) groups is 2. The number of rotatable bonds is 4. The van der Waals surface area contributed by atoms with E-state index in [4.69, 9.17) is 16.3 Å². The van der Waals surface area contributed by atoms with E-state index in [0.29, 0.717) is 22.3 Å². The Morgan fingerprint density at radius 2 is 2.17 bits per heavy atom. The van der Waals surface area contributed by atoms with E-state index in [1.165, 1.54) is 6.20 Å². The van der Waals surface area contributed by atoms with Crippen LogP contribution >= 0.6 is 11.6 Å². The maximum Gasteiger partial charge on any atom is 0.265 e. The van der Waals surface area contributed by atoms with Gasteiger partial charge in [-0.3, -0.25) is 9.59 Å². The molecule has 7 heteroatoms. The van der Waals surface area contributed by atoms with Gasteiger partial charge in [-0.2, -0.15) is 0 Å². The number of hydrogen-bond acceptors (Lipinski definition) is 4. The normalized spacial score (nSPS) is 13.3. The maximum atomic E-state index is 12.0. The average Bonchev–Trinajstić information content (AvgIpc) is 2.54. The largest absolute Gasteiger partial charge is 0.482 e. The standard InChI is InChI=1S/C16H14ClN3O3/c17-11-5-7-18-14(9-11)19-15(21)6-8-20-12-3-1-2-4-13(12)23-10-16(20)22/h1-5,7,9H,6,8,10H2,(H,18,19,21). The van der Waals surface area contributed by atoms with Crippen LogP contribution in [0.5, 0.6) is 5.75 Å². The van der Waals surface area contributed by atoms with Crippen molar-refractivity contribution >= 4 is 34.9 Å². The molecule has 0 bridgehead atoms. The smallest absolute Gasteiger partial charge is 0.265 e. The highest BCUT2D eigenvalue weighted by Crippen LogP contribution is 2.31. The molecule has 0 fully saturated rings. The molecule has 2 amide bonds. The van der Waals surface area contributed by atoms with Crippen LogP contribution in [-0.2, 0) is 9.59 Å². The summed E-state index contributed by atoms with van der Waals surface area (Å²) in [5.74, 6) is 0.620. The molecular formula is C16H14ClN3O3. The number of ether oxygens (including phenoxy) is 1. The third-order valence-corrected chi connectivity index (χ3v) is 3.60. The van der Waals surface area contributed by atoms with Crippen LogP contribution in [0.15, 0.2) is 42.6 Å². The van der Waals surface area contributed by atoms with Gasteiger partial charge in [0.05, 0.1) is 5.69 Å². The molecule has 1 aliphatic rings. The van der Waals surface area contributed by atoms with Gasteiger partial charge in [0.25, 0.3) is 5.91 Å². The van der Waals surface area contributed by atoms with Crippen molar-refractivity contribution in [1.82, 2.24) is 4.98 Å². The average molecular weight is 332 g/mol. The van der Waals surface area contributed by atoms with Crippen molar-refractivity contribution in [3.63, 3.8) is 0 Å². The third-order valence-electron chi connectivity index (χ3n) is 3.36. The van der Waals surface area contributed by atoms with Crippen LogP contribution < -0.4 is 15.0 Å². The molecule has 0 aliphatic carbocycles. The molecule has 0 unspecified atom stereocenters. The van der Waals surface area contributed by atoms with Gasteiger partial charge in [0, 0.05) is 24.2 Å². The summed E-state index contributed by atoms with van der Waals surface area (Å²) in [6.45, 7) is 0.250. The van der Waals surface area contributed by atoms with Crippen LogP contribution in [0.3, 0.4) is 0 Å². The molecule has 0 saturated carbocycles. The summed E-state index contributed by atoms with van der Waals surface area (Å²) in [7, 11) is 0.